The highest BCUT2D eigenvalue weighted by atomic mass is 35.5. The van der Waals surface area contributed by atoms with Gasteiger partial charge in [-0.2, -0.15) is 0 Å². The Morgan fingerprint density at radius 3 is 2.34 bits per heavy atom. The summed E-state index contributed by atoms with van der Waals surface area (Å²) in [5.41, 5.74) is 3.76. The maximum absolute atomic E-state index is 11.0. The molecule has 6 heteroatoms. The van der Waals surface area contributed by atoms with Gasteiger partial charge in [-0.15, -0.1) is 0 Å². The lowest BCUT2D eigenvalue weighted by Gasteiger charge is -2.19. The number of hydrogen-bond donors (Lipinski definition) is 0. The van der Waals surface area contributed by atoms with Crippen LogP contribution in [-0.2, 0) is 6.42 Å². The highest BCUT2D eigenvalue weighted by Gasteiger charge is 2.17. The number of nitro groups is 1. The van der Waals surface area contributed by atoms with Crippen molar-refractivity contribution >= 4 is 17.3 Å². The quantitative estimate of drug-likeness (QED) is 0.295. The van der Waals surface area contributed by atoms with Crippen LogP contribution in [0.5, 0.6) is 0 Å². The Morgan fingerprint density at radius 1 is 1.00 bits per heavy atom. The van der Waals surface area contributed by atoms with Crippen molar-refractivity contribution in [2.45, 2.75) is 12.5 Å². The van der Waals surface area contributed by atoms with Crippen molar-refractivity contribution in [3.05, 3.63) is 118 Å². The van der Waals surface area contributed by atoms with E-state index >= 15 is 0 Å². The molecule has 1 atom stereocenters. The summed E-state index contributed by atoms with van der Waals surface area (Å²) in [5.74, 6) is 0. The highest BCUT2D eigenvalue weighted by Crippen LogP contribution is 2.31. The monoisotopic (exact) mass is 403 g/mol. The molecular weight excluding hydrogens is 386 g/mol. The van der Waals surface area contributed by atoms with Gasteiger partial charge >= 0.3 is 0 Å². The van der Waals surface area contributed by atoms with Gasteiger partial charge in [-0.05, 0) is 29.7 Å². The van der Waals surface area contributed by atoms with Crippen molar-refractivity contribution in [2.24, 2.45) is 0 Å². The molecule has 0 fully saturated rings. The van der Waals surface area contributed by atoms with Gasteiger partial charge in [-0.25, -0.2) is 4.98 Å². The number of aromatic nitrogens is 2. The lowest BCUT2D eigenvalue weighted by Crippen LogP contribution is -2.12. The second-order valence-electron chi connectivity index (χ2n) is 6.75. The van der Waals surface area contributed by atoms with E-state index in [-0.39, 0.29) is 16.8 Å². The van der Waals surface area contributed by atoms with Crippen molar-refractivity contribution < 1.29 is 4.92 Å². The molecule has 1 heterocycles. The third kappa shape index (κ3) is 4.20. The van der Waals surface area contributed by atoms with E-state index in [2.05, 4.69) is 33.8 Å². The number of imidazole rings is 1. The fraction of sp³-hybridized carbons (Fsp3) is 0.0870. The maximum atomic E-state index is 11.0. The zero-order chi connectivity index (χ0) is 20.2. The fourth-order valence-electron chi connectivity index (χ4n) is 3.38. The smallest absolute Gasteiger partial charge is 0.287 e. The van der Waals surface area contributed by atoms with Crippen LogP contribution in [0.2, 0.25) is 5.02 Å². The number of halogens is 1. The second kappa shape index (κ2) is 8.29. The average molecular weight is 404 g/mol. The Kier molecular flexibility index (Phi) is 5.40. The summed E-state index contributed by atoms with van der Waals surface area (Å²) in [6.07, 6.45) is 4.57. The number of rotatable bonds is 6. The van der Waals surface area contributed by atoms with E-state index in [1.807, 2.05) is 42.6 Å². The van der Waals surface area contributed by atoms with E-state index in [9.17, 15) is 10.1 Å². The summed E-state index contributed by atoms with van der Waals surface area (Å²) in [6, 6.07) is 25.3. The molecule has 0 radical (unpaired) electrons. The van der Waals surface area contributed by atoms with Crippen molar-refractivity contribution in [1.29, 1.82) is 0 Å². The lowest BCUT2D eigenvalue weighted by atomic mass is 9.98. The standard InChI is InChI=1S/C23H18ClN3O2/c24-20-14-19(11-12-22(20)27(28)29)21-15-26(16-25-21)23(18-9-5-2-6-10-18)13-17-7-3-1-4-8-17/h1-12,14-16,23H,13H2. The molecular formula is C23H18ClN3O2. The van der Waals surface area contributed by atoms with Gasteiger partial charge in [0.15, 0.2) is 0 Å². The first kappa shape index (κ1) is 18.9. The summed E-state index contributed by atoms with van der Waals surface area (Å²) in [7, 11) is 0. The van der Waals surface area contributed by atoms with Gasteiger partial charge in [0.2, 0.25) is 0 Å². The molecule has 0 spiro atoms. The van der Waals surface area contributed by atoms with Gasteiger partial charge in [-0.1, -0.05) is 72.3 Å². The van der Waals surface area contributed by atoms with E-state index < -0.39 is 4.92 Å². The van der Waals surface area contributed by atoms with E-state index in [0.29, 0.717) is 0 Å². The number of benzene rings is 3. The van der Waals surface area contributed by atoms with Gasteiger partial charge < -0.3 is 4.57 Å². The minimum Gasteiger partial charge on any atom is -0.329 e. The number of nitro benzene ring substituents is 1. The molecule has 1 unspecified atom stereocenters. The van der Waals surface area contributed by atoms with Crippen molar-refractivity contribution in [1.82, 2.24) is 9.55 Å². The van der Waals surface area contributed by atoms with Crippen LogP contribution in [0.4, 0.5) is 5.69 Å². The van der Waals surface area contributed by atoms with Crippen LogP contribution >= 0.6 is 11.6 Å². The Morgan fingerprint density at radius 2 is 1.69 bits per heavy atom. The van der Waals surface area contributed by atoms with Crippen molar-refractivity contribution in [3.63, 3.8) is 0 Å². The Bertz CT molecular complexity index is 1130. The molecule has 0 amide bonds. The average Bonchev–Trinajstić information content (AvgIpc) is 3.23. The van der Waals surface area contributed by atoms with Crippen LogP contribution < -0.4 is 0 Å². The molecule has 0 bridgehead atoms. The molecule has 0 aliphatic carbocycles. The molecule has 4 rings (SSSR count). The number of nitrogens with zero attached hydrogens (tertiary/aromatic N) is 3. The van der Waals surface area contributed by atoms with Crippen LogP contribution in [0.1, 0.15) is 17.2 Å². The van der Waals surface area contributed by atoms with Crippen LogP contribution in [-0.4, -0.2) is 14.5 Å². The summed E-state index contributed by atoms with van der Waals surface area (Å²) in [5, 5.41) is 11.1. The topological polar surface area (TPSA) is 61.0 Å². The molecule has 3 aromatic carbocycles. The van der Waals surface area contributed by atoms with Gasteiger partial charge in [0, 0.05) is 17.8 Å². The molecule has 0 saturated heterocycles. The normalized spacial score (nSPS) is 11.9. The molecule has 4 aromatic rings. The second-order valence-corrected chi connectivity index (χ2v) is 7.15. The highest BCUT2D eigenvalue weighted by molar-refractivity contribution is 6.32. The molecule has 5 nitrogen and oxygen atoms in total. The Balaban J connectivity index is 1.69. The van der Waals surface area contributed by atoms with Crippen molar-refractivity contribution in [2.75, 3.05) is 0 Å². The first-order chi connectivity index (χ1) is 14.1. The first-order valence-electron chi connectivity index (χ1n) is 9.18. The van der Waals surface area contributed by atoms with Gasteiger partial charge in [-0.3, -0.25) is 10.1 Å². The molecule has 0 N–H and O–H groups in total. The molecule has 29 heavy (non-hydrogen) atoms. The minimum absolute atomic E-state index is 0.0772. The summed E-state index contributed by atoms with van der Waals surface area (Å²) < 4.78 is 2.08. The predicted octanol–water partition coefficient (Wildman–Crippen LogP) is 5.94. The van der Waals surface area contributed by atoms with Gasteiger partial charge in [0.25, 0.3) is 5.69 Å². The number of hydrogen-bond acceptors (Lipinski definition) is 3. The molecule has 0 aliphatic rings. The SMILES string of the molecule is O=[N+]([O-])c1ccc(-c2cn(C(Cc3ccccc3)c3ccccc3)cn2)cc1Cl. The molecule has 1 aromatic heterocycles. The summed E-state index contributed by atoms with van der Waals surface area (Å²) in [4.78, 5) is 15.0. The van der Waals surface area contributed by atoms with Gasteiger partial charge in [0.05, 0.1) is 23.0 Å². The zero-order valence-corrected chi connectivity index (χ0v) is 16.2. The van der Waals surface area contributed by atoms with Crippen LogP contribution in [0.25, 0.3) is 11.3 Å². The zero-order valence-electron chi connectivity index (χ0n) is 15.5. The fourth-order valence-corrected chi connectivity index (χ4v) is 3.63. The summed E-state index contributed by atoms with van der Waals surface area (Å²) >= 11 is 6.07. The maximum Gasteiger partial charge on any atom is 0.287 e. The van der Waals surface area contributed by atoms with Crippen LogP contribution in [0.15, 0.2) is 91.4 Å². The van der Waals surface area contributed by atoms with E-state index in [1.165, 1.54) is 17.2 Å². The van der Waals surface area contributed by atoms with Crippen molar-refractivity contribution in [3.8, 4) is 11.3 Å². The Hall–Kier alpha value is -3.44. The Labute approximate surface area is 173 Å². The van der Waals surface area contributed by atoms with Crippen LogP contribution in [0, 0.1) is 10.1 Å². The molecule has 144 valence electrons. The molecule has 0 saturated carbocycles. The molecule has 0 aliphatic heterocycles. The minimum atomic E-state index is -0.490. The third-order valence-electron chi connectivity index (χ3n) is 4.86. The van der Waals surface area contributed by atoms with Crippen LogP contribution in [0.3, 0.4) is 0 Å². The predicted molar refractivity (Wildman–Crippen MR) is 114 cm³/mol. The lowest BCUT2D eigenvalue weighted by molar-refractivity contribution is -0.384. The van der Waals surface area contributed by atoms with Gasteiger partial charge in [0.1, 0.15) is 5.02 Å². The van der Waals surface area contributed by atoms with E-state index in [0.717, 1.165) is 17.7 Å². The summed E-state index contributed by atoms with van der Waals surface area (Å²) in [6.45, 7) is 0. The first-order valence-corrected chi connectivity index (χ1v) is 9.56. The van der Waals surface area contributed by atoms with E-state index in [1.54, 1.807) is 18.5 Å². The third-order valence-corrected chi connectivity index (χ3v) is 5.16. The largest absolute Gasteiger partial charge is 0.329 e. The van der Waals surface area contributed by atoms with E-state index in [4.69, 9.17) is 11.6 Å².